The molecule has 0 spiro atoms. The molecule has 1 aliphatic rings. The highest BCUT2D eigenvalue weighted by molar-refractivity contribution is 5.70. The van der Waals surface area contributed by atoms with Crippen molar-refractivity contribution in [3.8, 4) is 5.75 Å². The average molecular weight is 249 g/mol. The molecule has 98 valence electrons. The zero-order valence-corrected chi connectivity index (χ0v) is 11.0. The Kier molecular flexibility index (Phi) is 3.45. The molecule has 2 atom stereocenters. The quantitative estimate of drug-likeness (QED) is 0.892. The summed E-state index contributed by atoms with van der Waals surface area (Å²) >= 11 is 0. The number of alkyl carbamates (subject to hydrolysis) is 1. The van der Waals surface area contributed by atoms with E-state index in [2.05, 4.69) is 12.2 Å². The maximum absolute atomic E-state index is 11.3. The van der Waals surface area contributed by atoms with Gasteiger partial charge in [0, 0.05) is 5.92 Å². The Hall–Kier alpha value is -1.71. The number of hydrogen-bond donors (Lipinski definition) is 1. The van der Waals surface area contributed by atoms with Gasteiger partial charge in [0.2, 0.25) is 0 Å². The van der Waals surface area contributed by atoms with Gasteiger partial charge in [0.05, 0.1) is 13.7 Å². The molecule has 2 rings (SSSR count). The van der Waals surface area contributed by atoms with Crippen LogP contribution in [-0.4, -0.2) is 25.3 Å². The van der Waals surface area contributed by atoms with Gasteiger partial charge >= 0.3 is 6.09 Å². The summed E-state index contributed by atoms with van der Waals surface area (Å²) in [5.74, 6) is 1.02. The van der Waals surface area contributed by atoms with Crippen LogP contribution >= 0.6 is 0 Å². The van der Waals surface area contributed by atoms with E-state index in [1.807, 2.05) is 31.2 Å². The van der Waals surface area contributed by atoms with Gasteiger partial charge in [-0.05, 0) is 31.0 Å². The number of amides is 1. The van der Waals surface area contributed by atoms with E-state index in [4.69, 9.17) is 9.47 Å². The number of nitrogens with one attached hydrogen (secondary N) is 1. The summed E-state index contributed by atoms with van der Waals surface area (Å²) in [7, 11) is 1.65. The van der Waals surface area contributed by atoms with Crippen molar-refractivity contribution in [2.45, 2.75) is 31.8 Å². The fourth-order valence-electron chi connectivity index (χ4n) is 2.58. The van der Waals surface area contributed by atoms with Gasteiger partial charge in [0.15, 0.2) is 0 Å². The van der Waals surface area contributed by atoms with Crippen molar-refractivity contribution in [1.29, 1.82) is 0 Å². The van der Waals surface area contributed by atoms with E-state index >= 15 is 0 Å². The second-order valence-corrected chi connectivity index (χ2v) is 4.79. The standard InChI is InChI=1S/C14H19NO3/c1-4-12(14(2)9-15-13(16)18-14)10-5-7-11(17-3)8-6-10/h5-8,12H,4,9H2,1-3H3,(H,15,16)/t12?,14-/m0/s1. The zero-order chi connectivity index (χ0) is 13.2. The summed E-state index contributed by atoms with van der Waals surface area (Å²) in [6.45, 7) is 4.63. The molecule has 1 aromatic rings. The fraction of sp³-hybridized carbons (Fsp3) is 0.500. The Balaban J connectivity index is 2.24. The minimum absolute atomic E-state index is 0.183. The number of methoxy groups -OCH3 is 1. The van der Waals surface area contributed by atoms with Gasteiger partial charge in [0.25, 0.3) is 0 Å². The first-order chi connectivity index (χ1) is 8.59. The SMILES string of the molecule is CCC(c1ccc(OC)cc1)[C@]1(C)CNC(=O)O1. The lowest BCUT2D eigenvalue weighted by Gasteiger charge is -2.31. The monoisotopic (exact) mass is 249 g/mol. The Morgan fingerprint density at radius 1 is 1.44 bits per heavy atom. The number of carbonyl (C=O) groups excluding carboxylic acids is 1. The molecule has 4 nitrogen and oxygen atoms in total. The third kappa shape index (κ3) is 2.28. The second-order valence-electron chi connectivity index (χ2n) is 4.79. The highest BCUT2D eigenvalue weighted by Gasteiger charge is 2.42. The lowest BCUT2D eigenvalue weighted by atomic mass is 9.81. The molecule has 0 aromatic heterocycles. The third-order valence-corrected chi connectivity index (χ3v) is 3.57. The molecule has 1 aliphatic heterocycles. The predicted molar refractivity (Wildman–Crippen MR) is 68.9 cm³/mol. The van der Waals surface area contributed by atoms with Crippen LogP contribution in [0.4, 0.5) is 4.79 Å². The van der Waals surface area contributed by atoms with Crippen molar-refractivity contribution >= 4 is 6.09 Å². The van der Waals surface area contributed by atoms with Crippen molar-refractivity contribution < 1.29 is 14.3 Å². The minimum atomic E-state index is -0.472. The topological polar surface area (TPSA) is 47.6 Å². The smallest absolute Gasteiger partial charge is 0.407 e. The van der Waals surface area contributed by atoms with Crippen LogP contribution in [-0.2, 0) is 4.74 Å². The number of rotatable bonds is 4. The lowest BCUT2D eigenvalue weighted by Crippen LogP contribution is -2.36. The molecule has 1 N–H and O–H groups in total. The van der Waals surface area contributed by atoms with Gasteiger partial charge in [-0.15, -0.1) is 0 Å². The first-order valence-electron chi connectivity index (χ1n) is 6.20. The summed E-state index contributed by atoms with van der Waals surface area (Å²) in [4.78, 5) is 11.3. The summed E-state index contributed by atoms with van der Waals surface area (Å²) in [5.41, 5.74) is 0.692. The molecule has 1 unspecified atom stereocenters. The molecular weight excluding hydrogens is 230 g/mol. The average Bonchev–Trinajstić information content (AvgIpc) is 2.71. The van der Waals surface area contributed by atoms with Crippen LogP contribution in [0.1, 0.15) is 31.7 Å². The Bertz CT molecular complexity index is 429. The molecule has 1 fully saturated rings. The molecule has 4 heteroatoms. The molecule has 0 bridgehead atoms. The van der Waals surface area contributed by atoms with Gasteiger partial charge in [0.1, 0.15) is 11.4 Å². The van der Waals surface area contributed by atoms with Gasteiger partial charge < -0.3 is 14.8 Å². The van der Waals surface area contributed by atoms with Crippen LogP contribution in [0.2, 0.25) is 0 Å². The van der Waals surface area contributed by atoms with Crippen molar-refractivity contribution in [3.05, 3.63) is 29.8 Å². The number of benzene rings is 1. The van der Waals surface area contributed by atoms with Crippen LogP contribution in [0.25, 0.3) is 0 Å². The largest absolute Gasteiger partial charge is 0.497 e. The highest BCUT2D eigenvalue weighted by Crippen LogP contribution is 2.36. The number of cyclic esters (lactones) is 1. The van der Waals surface area contributed by atoms with E-state index in [1.54, 1.807) is 7.11 Å². The summed E-state index contributed by atoms with van der Waals surface area (Å²) in [6, 6.07) is 7.94. The molecule has 1 amide bonds. The fourth-order valence-corrected chi connectivity index (χ4v) is 2.58. The molecule has 1 heterocycles. The normalized spacial score (nSPS) is 24.3. The third-order valence-electron chi connectivity index (χ3n) is 3.57. The van der Waals surface area contributed by atoms with Gasteiger partial charge in [-0.3, -0.25) is 0 Å². The number of hydrogen-bond acceptors (Lipinski definition) is 3. The second kappa shape index (κ2) is 4.88. The maximum atomic E-state index is 11.3. The lowest BCUT2D eigenvalue weighted by molar-refractivity contribution is 0.0474. The van der Waals surface area contributed by atoms with Gasteiger partial charge in [-0.2, -0.15) is 0 Å². The highest BCUT2D eigenvalue weighted by atomic mass is 16.6. The first kappa shape index (κ1) is 12.7. The molecule has 1 saturated heterocycles. The molecule has 0 saturated carbocycles. The summed E-state index contributed by atoms with van der Waals surface area (Å²) in [6.07, 6.45) is 0.585. The van der Waals surface area contributed by atoms with Crippen molar-refractivity contribution in [2.24, 2.45) is 0 Å². The Labute approximate surface area is 107 Å². The minimum Gasteiger partial charge on any atom is -0.497 e. The van der Waals surface area contributed by atoms with Crippen LogP contribution in [0.15, 0.2) is 24.3 Å². The molecule has 1 aromatic carbocycles. The number of ether oxygens (including phenoxy) is 2. The van der Waals surface area contributed by atoms with Gasteiger partial charge in [-0.1, -0.05) is 19.1 Å². The molecule has 18 heavy (non-hydrogen) atoms. The molecule has 0 aliphatic carbocycles. The zero-order valence-electron chi connectivity index (χ0n) is 11.0. The molecule has 0 radical (unpaired) electrons. The van der Waals surface area contributed by atoms with Crippen LogP contribution in [0, 0.1) is 0 Å². The van der Waals surface area contributed by atoms with E-state index in [-0.39, 0.29) is 12.0 Å². The van der Waals surface area contributed by atoms with Crippen molar-refractivity contribution in [1.82, 2.24) is 5.32 Å². The van der Waals surface area contributed by atoms with Crippen molar-refractivity contribution in [2.75, 3.05) is 13.7 Å². The van der Waals surface area contributed by atoms with E-state index in [1.165, 1.54) is 0 Å². The summed E-state index contributed by atoms with van der Waals surface area (Å²) < 4.78 is 10.6. The predicted octanol–water partition coefficient (Wildman–Crippen LogP) is 2.69. The Morgan fingerprint density at radius 3 is 2.56 bits per heavy atom. The first-order valence-corrected chi connectivity index (χ1v) is 6.20. The van der Waals surface area contributed by atoms with Crippen LogP contribution < -0.4 is 10.1 Å². The van der Waals surface area contributed by atoms with Gasteiger partial charge in [-0.25, -0.2) is 4.79 Å². The maximum Gasteiger partial charge on any atom is 0.407 e. The van der Waals surface area contributed by atoms with E-state index in [0.717, 1.165) is 17.7 Å². The van der Waals surface area contributed by atoms with Crippen LogP contribution in [0.5, 0.6) is 5.75 Å². The Morgan fingerprint density at radius 2 is 2.11 bits per heavy atom. The van der Waals surface area contributed by atoms with E-state index < -0.39 is 5.60 Å². The van der Waals surface area contributed by atoms with E-state index in [9.17, 15) is 4.79 Å². The number of carbonyl (C=O) groups is 1. The molecular formula is C14H19NO3. The summed E-state index contributed by atoms with van der Waals surface area (Å²) in [5, 5.41) is 2.73. The van der Waals surface area contributed by atoms with Crippen molar-refractivity contribution in [3.63, 3.8) is 0 Å². The van der Waals surface area contributed by atoms with E-state index in [0.29, 0.717) is 6.54 Å². The van der Waals surface area contributed by atoms with Crippen LogP contribution in [0.3, 0.4) is 0 Å².